The largest absolute Gasteiger partial charge is 0.354 e. The highest BCUT2D eigenvalue weighted by atomic mass is 35.5. The predicted octanol–water partition coefficient (Wildman–Crippen LogP) is 4.25. The van der Waals surface area contributed by atoms with Gasteiger partial charge in [0.05, 0.1) is 11.9 Å². The molecule has 0 aliphatic carbocycles. The molecule has 2 rings (SSSR count). The Balaban J connectivity index is 2.10. The monoisotopic (exact) mass is 436 g/mol. The summed E-state index contributed by atoms with van der Waals surface area (Å²) in [5, 5.41) is 3.60. The van der Waals surface area contributed by atoms with Crippen molar-refractivity contribution in [2.24, 2.45) is 0 Å². The van der Waals surface area contributed by atoms with Crippen LogP contribution < -0.4 is 9.62 Å². The fourth-order valence-corrected chi connectivity index (χ4v) is 4.65. The maximum atomic E-state index is 12.9. The van der Waals surface area contributed by atoms with Crippen molar-refractivity contribution in [3.05, 3.63) is 64.2 Å². The van der Waals surface area contributed by atoms with Crippen LogP contribution in [0.1, 0.15) is 36.5 Å². The van der Waals surface area contributed by atoms with Crippen LogP contribution in [-0.2, 0) is 21.2 Å². The van der Waals surface area contributed by atoms with Crippen LogP contribution in [-0.4, -0.2) is 33.2 Å². The van der Waals surface area contributed by atoms with Crippen molar-refractivity contribution in [2.75, 3.05) is 17.1 Å². The number of nitrogens with one attached hydrogen (secondary N) is 1. The minimum absolute atomic E-state index is 0.282. The van der Waals surface area contributed by atoms with Crippen LogP contribution in [0.5, 0.6) is 0 Å². The summed E-state index contributed by atoms with van der Waals surface area (Å²) in [4.78, 5) is 12.9. The zero-order chi connectivity index (χ0) is 21.6. The molecule has 2 aromatic carbocycles. The van der Waals surface area contributed by atoms with Gasteiger partial charge in [-0.3, -0.25) is 9.10 Å². The van der Waals surface area contributed by atoms with Crippen LogP contribution in [0.2, 0.25) is 5.02 Å². The number of benzene rings is 2. The molecule has 7 heteroatoms. The number of hydrogen-bond donors (Lipinski definition) is 1. The maximum absolute atomic E-state index is 12.9. The molecule has 0 aliphatic heterocycles. The van der Waals surface area contributed by atoms with Gasteiger partial charge in [-0.25, -0.2) is 8.42 Å². The molecular formula is C22H29ClN2O3S. The van der Waals surface area contributed by atoms with Crippen LogP contribution in [0.15, 0.2) is 42.5 Å². The number of anilines is 1. The Morgan fingerprint density at radius 3 is 2.38 bits per heavy atom. The lowest BCUT2D eigenvalue weighted by atomic mass is 10.1. The Hall–Kier alpha value is -2.05. The van der Waals surface area contributed by atoms with Crippen molar-refractivity contribution < 1.29 is 13.2 Å². The molecule has 1 N–H and O–H groups in total. The number of sulfonamides is 1. The van der Waals surface area contributed by atoms with Gasteiger partial charge in [0, 0.05) is 11.6 Å². The van der Waals surface area contributed by atoms with Gasteiger partial charge in [-0.1, -0.05) is 42.8 Å². The fraction of sp³-hybridized carbons (Fsp3) is 0.409. The third-order valence-electron chi connectivity index (χ3n) is 4.79. The molecule has 2 aromatic rings. The van der Waals surface area contributed by atoms with Gasteiger partial charge in [0.1, 0.15) is 6.04 Å². The Bertz CT molecular complexity index is 943. The van der Waals surface area contributed by atoms with Crippen molar-refractivity contribution >= 4 is 33.2 Å². The topological polar surface area (TPSA) is 66.5 Å². The molecule has 1 amide bonds. The molecule has 0 saturated carbocycles. The third kappa shape index (κ3) is 6.47. The second-order valence-electron chi connectivity index (χ2n) is 7.29. The Kier molecular flexibility index (Phi) is 8.11. The van der Waals surface area contributed by atoms with Crippen LogP contribution >= 0.6 is 11.6 Å². The molecule has 158 valence electrons. The summed E-state index contributed by atoms with van der Waals surface area (Å²) < 4.78 is 26.4. The zero-order valence-corrected chi connectivity index (χ0v) is 19.0. The number of carbonyl (C=O) groups is 1. The molecular weight excluding hydrogens is 408 g/mol. The van der Waals surface area contributed by atoms with E-state index < -0.39 is 16.1 Å². The maximum Gasteiger partial charge on any atom is 0.243 e. The van der Waals surface area contributed by atoms with Gasteiger partial charge >= 0.3 is 0 Å². The summed E-state index contributed by atoms with van der Waals surface area (Å²) in [6.07, 6.45) is 3.09. The number of halogens is 1. The lowest BCUT2D eigenvalue weighted by Crippen LogP contribution is -2.49. The van der Waals surface area contributed by atoms with E-state index in [1.54, 1.807) is 0 Å². The van der Waals surface area contributed by atoms with E-state index in [-0.39, 0.29) is 5.91 Å². The molecule has 0 unspecified atom stereocenters. The molecule has 5 nitrogen and oxygen atoms in total. The van der Waals surface area contributed by atoms with E-state index in [9.17, 15) is 13.2 Å². The summed E-state index contributed by atoms with van der Waals surface area (Å²) in [6, 6.07) is 12.4. The van der Waals surface area contributed by atoms with E-state index in [4.69, 9.17) is 11.6 Å². The van der Waals surface area contributed by atoms with Crippen molar-refractivity contribution in [1.29, 1.82) is 0 Å². The highest BCUT2D eigenvalue weighted by molar-refractivity contribution is 7.92. The smallest absolute Gasteiger partial charge is 0.243 e. The lowest BCUT2D eigenvalue weighted by molar-refractivity contribution is -0.122. The highest BCUT2D eigenvalue weighted by Gasteiger charge is 2.32. The van der Waals surface area contributed by atoms with Crippen molar-refractivity contribution in [3.8, 4) is 0 Å². The second kappa shape index (κ2) is 10.1. The quantitative estimate of drug-likeness (QED) is 0.597. The van der Waals surface area contributed by atoms with Gasteiger partial charge in [-0.05, 0) is 68.0 Å². The molecule has 29 heavy (non-hydrogen) atoms. The number of amides is 1. The van der Waals surface area contributed by atoms with Crippen LogP contribution in [0.3, 0.4) is 0 Å². The second-order valence-corrected chi connectivity index (χ2v) is 9.59. The Morgan fingerprint density at radius 2 is 1.79 bits per heavy atom. The molecule has 0 aromatic heterocycles. The first-order valence-electron chi connectivity index (χ1n) is 9.72. The minimum atomic E-state index is -3.63. The average molecular weight is 437 g/mol. The van der Waals surface area contributed by atoms with Gasteiger partial charge in [0.25, 0.3) is 0 Å². The lowest BCUT2D eigenvalue weighted by Gasteiger charge is -2.31. The van der Waals surface area contributed by atoms with Gasteiger partial charge in [0.2, 0.25) is 15.9 Å². The molecule has 0 aliphatic rings. The first-order chi connectivity index (χ1) is 13.6. The van der Waals surface area contributed by atoms with E-state index in [2.05, 4.69) is 5.32 Å². The molecule has 0 saturated heterocycles. The summed E-state index contributed by atoms with van der Waals surface area (Å²) >= 11 is 5.89. The summed E-state index contributed by atoms with van der Waals surface area (Å²) in [5.41, 5.74) is 3.45. The number of aryl methyl sites for hydroxylation is 3. The summed E-state index contributed by atoms with van der Waals surface area (Å²) in [7, 11) is -3.63. The molecule has 1 atom stereocenters. The Labute approximate surface area is 179 Å². The van der Waals surface area contributed by atoms with Gasteiger partial charge in [-0.2, -0.15) is 0 Å². The van der Waals surface area contributed by atoms with Crippen LogP contribution in [0, 0.1) is 13.8 Å². The normalized spacial score (nSPS) is 12.4. The summed E-state index contributed by atoms with van der Waals surface area (Å²) in [5.74, 6) is -0.282. The van der Waals surface area contributed by atoms with E-state index in [1.807, 2.05) is 63.2 Å². The van der Waals surface area contributed by atoms with Gasteiger partial charge < -0.3 is 5.32 Å². The number of hydrogen-bond acceptors (Lipinski definition) is 3. The first kappa shape index (κ1) is 23.2. The van der Waals surface area contributed by atoms with Crippen LogP contribution in [0.25, 0.3) is 0 Å². The van der Waals surface area contributed by atoms with Gasteiger partial charge in [0.15, 0.2) is 0 Å². The standard InChI is InChI=1S/C22H29ClN2O3S/c1-5-20(22(26)24-14-6-7-18-10-12-19(23)13-11-18)25(29(4,27)28)21-15-16(2)8-9-17(21)3/h8-13,15,20H,5-7,14H2,1-4H3,(H,24,26)/t20-/m0/s1. The molecule has 0 bridgehead atoms. The predicted molar refractivity (Wildman–Crippen MR) is 120 cm³/mol. The van der Waals surface area contributed by atoms with Crippen LogP contribution in [0.4, 0.5) is 5.69 Å². The van der Waals surface area contributed by atoms with Crippen molar-refractivity contribution in [3.63, 3.8) is 0 Å². The summed E-state index contributed by atoms with van der Waals surface area (Å²) in [6.45, 7) is 6.05. The highest BCUT2D eigenvalue weighted by Crippen LogP contribution is 2.27. The average Bonchev–Trinajstić information content (AvgIpc) is 2.65. The minimum Gasteiger partial charge on any atom is -0.354 e. The fourth-order valence-electron chi connectivity index (χ4n) is 3.27. The van der Waals surface area contributed by atoms with E-state index in [0.717, 1.165) is 35.8 Å². The molecule has 0 heterocycles. The number of carbonyl (C=O) groups excluding carboxylic acids is 1. The van der Waals surface area contributed by atoms with Crippen molar-refractivity contribution in [2.45, 2.75) is 46.1 Å². The van der Waals surface area contributed by atoms with E-state index in [1.165, 1.54) is 4.31 Å². The van der Waals surface area contributed by atoms with E-state index >= 15 is 0 Å². The first-order valence-corrected chi connectivity index (χ1v) is 11.9. The number of nitrogens with zero attached hydrogens (tertiary/aromatic N) is 1. The number of rotatable bonds is 9. The molecule has 0 radical (unpaired) electrons. The van der Waals surface area contributed by atoms with Crippen molar-refractivity contribution in [1.82, 2.24) is 5.32 Å². The molecule has 0 fully saturated rings. The van der Waals surface area contributed by atoms with E-state index in [0.29, 0.717) is 23.7 Å². The molecule has 0 spiro atoms. The zero-order valence-electron chi connectivity index (χ0n) is 17.4. The van der Waals surface area contributed by atoms with Gasteiger partial charge in [-0.15, -0.1) is 0 Å². The Morgan fingerprint density at radius 1 is 1.14 bits per heavy atom. The third-order valence-corrected chi connectivity index (χ3v) is 6.20. The SMILES string of the molecule is CC[C@@H](C(=O)NCCCc1ccc(Cl)cc1)N(c1cc(C)ccc1C)S(C)(=O)=O.